The SMILES string of the molecule is CC(c1ccccc1F)N(C)c1cccc(CN)n1. The molecule has 2 rings (SSSR count). The molecule has 2 N–H and O–H groups in total. The lowest BCUT2D eigenvalue weighted by Crippen LogP contribution is -2.23. The Bertz CT molecular complexity index is 557. The minimum atomic E-state index is -0.197. The normalized spacial score (nSPS) is 12.2. The molecule has 1 heterocycles. The highest BCUT2D eigenvalue weighted by atomic mass is 19.1. The van der Waals surface area contributed by atoms with Gasteiger partial charge in [0.25, 0.3) is 0 Å². The molecule has 0 saturated heterocycles. The fourth-order valence-corrected chi connectivity index (χ4v) is 2.00. The van der Waals surface area contributed by atoms with Crippen LogP contribution in [0.3, 0.4) is 0 Å². The summed E-state index contributed by atoms with van der Waals surface area (Å²) in [4.78, 5) is 6.39. The monoisotopic (exact) mass is 259 g/mol. The van der Waals surface area contributed by atoms with Gasteiger partial charge < -0.3 is 10.6 Å². The van der Waals surface area contributed by atoms with E-state index in [0.717, 1.165) is 11.5 Å². The summed E-state index contributed by atoms with van der Waals surface area (Å²) in [6.07, 6.45) is 0. The summed E-state index contributed by atoms with van der Waals surface area (Å²) in [6, 6.07) is 12.4. The Morgan fingerprint density at radius 1 is 1.21 bits per heavy atom. The molecular formula is C15H18FN3. The first-order chi connectivity index (χ1) is 9.13. The van der Waals surface area contributed by atoms with Crippen molar-refractivity contribution in [1.82, 2.24) is 4.98 Å². The third-order valence-corrected chi connectivity index (χ3v) is 3.30. The molecule has 0 saturated carbocycles. The van der Waals surface area contributed by atoms with E-state index in [9.17, 15) is 4.39 Å². The topological polar surface area (TPSA) is 42.1 Å². The molecule has 100 valence electrons. The van der Waals surface area contributed by atoms with E-state index in [4.69, 9.17) is 5.73 Å². The molecule has 0 spiro atoms. The number of pyridine rings is 1. The number of aromatic nitrogens is 1. The minimum Gasteiger partial charge on any atom is -0.353 e. The van der Waals surface area contributed by atoms with Crippen LogP contribution in [-0.4, -0.2) is 12.0 Å². The molecule has 2 aromatic rings. The standard InChI is InChI=1S/C15H18FN3/c1-11(13-7-3-4-8-14(13)16)19(2)15-9-5-6-12(10-17)18-15/h3-9,11H,10,17H2,1-2H3. The van der Waals surface area contributed by atoms with Gasteiger partial charge in [-0.15, -0.1) is 0 Å². The molecule has 1 aromatic heterocycles. The van der Waals surface area contributed by atoms with Gasteiger partial charge in [0.05, 0.1) is 11.7 Å². The zero-order valence-corrected chi connectivity index (χ0v) is 11.2. The van der Waals surface area contributed by atoms with Crippen LogP contribution in [0.1, 0.15) is 24.2 Å². The van der Waals surface area contributed by atoms with E-state index in [1.54, 1.807) is 12.1 Å². The molecular weight excluding hydrogens is 241 g/mol. The van der Waals surface area contributed by atoms with E-state index in [2.05, 4.69) is 4.98 Å². The van der Waals surface area contributed by atoms with Crippen LogP contribution in [0.4, 0.5) is 10.2 Å². The quantitative estimate of drug-likeness (QED) is 0.918. The van der Waals surface area contributed by atoms with Crippen LogP contribution < -0.4 is 10.6 Å². The average Bonchev–Trinajstić information content (AvgIpc) is 2.46. The maximum absolute atomic E-state index is 13.8. The van der Waals surface area contributed by atoms with Crippen LogP contribution in [0, 0.1) is 5.82 Å². The molecule has 0 aliphatic heterocycles. The Hall–Kier alpha value is -1.94. The van der Waals surface area contributed by atoms with Gasteiger partial charge in [0, 0.05) is 19.2 Å². The molecule has 0 fully saturated rings. The lowest BCUT2D eigenvalue weighted by Gasteiger charge is -2.27. The zero-order valence-electron chi connectivity index (χ0n) is 11.2. The van der Waals surface area contributed by atoms with E-state index >= 15 is 0 Å². The molecule has 0 bridgehead atoms. The number of halogens is 1. The smallest absolute Gasteiger partial charge is 0.129 e. The number of rotatable bonds is 4. The molecule has 0 amide bonds. The van der Waals surface area contributed by atoms with Gasteiger partial charge in [-0.05, 0) is 25.1 Å². The van der Waals surface area contributed by atoms with E-state index in [-0.39, 0.29) is 11.9 Å². The lowest BCUT2D eigenvalue weighted by atomic mass is 10.1. The minimum absolute atomic E-state index is 0.0956. The molecule has 4 heteroatoms. The number of benzene rings is 1. The third-order valence-electron chi connectivity index (χ3n) is 3.30. The summed E-state index contributed by atoms with van der Waals surface area (Å²) in [5, 5.41) is 0. The number of nitrogens with two attached hydrogens (primary N) is 1. The highest BCUT2D eigenvalue weighted by Crippen LogP contribution is 2.25. The second-order valence-corrected chi connectivity index (χ2v) is 4.50. The Balaban J connectivity index is 2.28. The van der Waals surface area contributed by atoms with Gasteiger partial charge in [-0.2, -0.15) is 0 Å². The van der Waals surface area contributed by atoms with Crippen molar-refractivity contribution in [1.29, 1.82) is 0 Å². The largest absolute Gasteiger partial charge is 0.353 e. The molecule has 0 radical (unpaired) electrons. The number of hydrogen-bond acceptors (Lipinski definition) is 3. The van der Waals surface area contributed by atoms with Crippen molar-refractivity contribution in [3.8, 4) is 0 Å². The van der Waals surface area contributed by atoms with E-state index < -0.39 is 0 Å². The highest BCUT2D eigenvalue weighted by Gasteiger charge is 2.16. The summed E-state index contributed by atoms with van der Waals surface area (Å²) < 4.78 is 13.8. The second kappa shape index (κ2) is 5.80. The Labute approximate surface area is 112 Å². The Morgan fingerprint density at radius 2 is 1.95 bits per heavy atom. The third kappa shape index (κ3) is 2.90. The van der Waals surface area contributed by atoms with Crippen LogP contribution in [-0.2, 0) is 6.54 Å². The molecule has 19 heavy (non-hydrogen) atoms. The van der Waals surface area contributed by atoms with Crippen molar-refractivity contribution in [3.05, 3.63) is 59.5 Å². The Morgan fingerprint density at radius 3 is 2.63 bits per heavy atom. The van der Waals surface area contributed by atoms with Crippen LogP contribution in [0.15, 0.2) is 42.5 Å². The van der Waals surface area contributed by atoms with Gasteiger partial charge >= 0.3 is 0 Å². The highest BCUT2D eigenvalue weighted by molar-refractivity contribution is 5.42. The Kier molecular flexibility index (Phi) is 4.12. The van der Waals surface area contributed by atoms with Gasteiger partial charge in [-0.3, -0.25) is 0 Å². The van der Waals surface area contributed by atoms with Gasteiger partial charge in [0.1, 0.15) is 11.6 Å². The van der Waals surface area contributed by atoms with Gasteiger partial charge in [-0.1, -0.05) is 24.3 Å². The van der Waals surface area contributed by atoms with Gasteiger partial charge in [0.2, 0.25) is 0 Å². The van der Waals surface area contributed by atoms with Crippen molar-refractivity contribution in [3.63, 3.8) is 0 Å². The fourth-order valence-electron chi connectivity index (χ4n) is 2.00. The molecule has 3 nitrogen and oxygen atoms in total. The average molecular weight is 259 g/mol. The molecule has 1 aromatic carbocycles. The number of hydrogen-bond donors (Lipinski definition) is 1. The maximum atomic E-state index is 13.8. The molecule has 1 unspecified atom stereocenters. The summed E-state index contributed by atoms with van der Waals surface area (Å²) in [5.74, 6) is 0.593. The van der Waals surface area contributed by atoms with Crippen molar-refractivity contribution in [2.45, 2.75) is 19.5 Å². The second-order valence-electron chi connectivity index (χ2n) is 4.50. The maximum Gasteiger partial charge on any atom is 0.129 e. The first-order valence-corrected chi connectivity index (χ1v) is 6.26. The van der Waals surface area contributed by atoms with Crippen LogP contribution >= 0.6 is 0 Å². The van der Waals surface area contributed by atoms with Crippen LogP contribution in [0.5, 0.6) is 0 Å². The van der Waals surface area contributed by atoms with E-state index in [1.807, 2.05) is 43.1 Å². The number of nitrogens with zero attached hydrogens (tertiary/aromatic N) is 2. The van der Waals surface area contributed by atoms with Crippen molar-refractivity contribution < 1.29 is 4.39 Å². The molecule has 1 atom stereocenters. The van der Waals surface area contributed by atoms with Crippen LogP contribution in [0.25, 0.3) is 0 Å². The first-order valence-electron chi connectivity index (χ1n) is 6.26. The number of anilines is 1. The predicted octanol–water partition coefficient (Wildman–Crippen LogP) is 2.88. The van der Waals surface area contributed by atoms with Crippen molar-refractivity contribution in [2.24, 2.45) is 5.73 Å². The summed E-state index contributed by atoms with van der Waals surface area (Å²) >= 11 is 0. The summed E-state index contributed by atoms with van der Waals surface area (Å²) in [7, 11) is 1.90. The first kappa shape index (κ1) is 13.5. The zero-order chi connectivity index (χ0) is 13.8. The van der Waals surface area contributed by atoms with Crippen LogP contribution in [0.2, 0.25) is 0 Å². The van der Waals surface area contributed by atoms with Crippen molar-refractivity contribution in [2.75, 3.05) is 11.9 Å². The van der Waals surface area contributed by atoms with E-state index in [1.165, 1.54) is 6.07 Å². The van der Waals surface area contributed by atoms with Gasteiger partial charge in [-0.25, -0.2) is 9.37 Å². The van der Waals surface area contributed by atoms with Crippen molar-refractivity contribution >= 4 is 5.82 Å². The summed E-state index contributed by atoms with van der Waals surface area (Å²) in [6.45, 7) is 2.35. The van der Waals surface area contributed by atoms with Gasteiger partial charge in [0.15, 0.2) is 0 Å². The lowest BCUT2D eigenvalue weighted by molar-refractivity contribution is 0.584. The van der Waals surface area contributed by atoms with E-state index in [0.29, 0.717) is 12.1 Å². The molecule has 0 aliphatic rings. The molecule has 0 aliphatic carbocycles. The summed E-state index contributed by atoms with van der Waals surface area (Å²) in [5.41, 5.74) is 7.07. The fraction of sp³-hybridized carbons (Fsp3) is 0.267. The predicted molar refractivity (Wildman–Crippen MR) is 75.3 cm³/mol.